The maximum Gasteiger partial charge on any atom is 0.248 e. The summed E-state index contributed by atoms with van der Waals surface area (Å²) in [6.45, 7) is 0. The van der Waals surface area contributed by atoms with Gasteiger partial charge in [-0.15, -0.1) is 0 Å². The van der Waals surface area contributed by atoms with Crippen molar-refractivity contribution < 1.29 is 13.6 Å². The van der Waals surface area contributed by atoms with Gasteiger partial charge in [0.2, 0.25) is 5.92 Å². The molecule has 1 aromatic rings. The molecule has 0 bridgehead atoms. The minimum absolute atomic E-state index is 0.105. The number of hydrogen-bond donors (Lipinski definition) is 0. The van der Waals surface area contributed by atoms with Gasteiger partial charge in [0.05, 0.1) is 5.02 Å². The van der Waals surface area contributed by atoms with Crippen molar-refractivity contribution >= 4 is 17.4 Å². The summed E-state index contributed by atoms with van der Waals surface area (Å²) >= 11 is 5.93. The first-order valence-corrected chi connectivity index (χ1v) is 6.04. The maximum atomic E-state index is 13.0. The zero-order valence-corrected chi connectivity index (χ0v) is 10.0. The van der Waals surface area contributed by atoms with E-state index in [9.17, 15) is 13.6 Å². The van der Waals surface area contributed by atoms with Gasteiger partial charge in [0.15, 0.2) is 5.78 Å². The fraction of sp³-hybridized carbons (Fsp3) is 0.462. The van der Waals surface area contributed by atoms with Crippen LogP contribution in [0.2, 0.25) is 5.02 Å². The van der Waals surface area contributed by atoms with Crippen LogP contribution in [0.1, 0.15) is 36.0 Å². The van der Waals surface area contributed by atoms with Crippen molar-refractivity contribution in [1.29, 1.82) is 0 Å². The minimum atomic E-state index is -2.60. The Labute approximate surface area is 104 Å². The second kappa shape index (κ2) is 4.73. The molecular weight excluding hydrogens is 246 g/mol. The molecule has 1 saturated carbocycles. The van der Waals surface area contributed by atoms with E-state index in [4.69, 9.17) is 11.6 Å². The summed E-state index contributed by atoms with van der Waals surface area (Å²) in [5.74, 6) is -3.02. The summed E-state index contributed by atoms with van der Waals surface area (Å²) in [7, 11) is 0. The van der Waals surface area contributed by atoms with Crippen molar-refractivity contribution in [2.75, 3.05) is 0 Å². The summed E-state index contributed by atoms with van der Waals surface area (Å²) in [6.07, 6.45) is 0.0931. The Hall–Kier alpha value is -0.960. The average Bonchev–Trinajstić information content (AvgIpc) is 2.29. The summed E-state index contributed by atoms with van der Waals surface area (Å²) in [6, 6.07) is 6.77. The number of carbonyl (C=O) groups excluding carboxylic acids is 1. The first kappa shape index (κ1) is 12.5. The highest BCUT2D eigenvalue weighted by atomic mass is 35.5. The zero-order chi connectivity index (χ0) is 12.5. The number of Topliss-reactive ketones (excluding diaryl/α,β-unsaturated/α-hetero) is 1. The molecule has 1 aromatic carbocycles. The van der Waals surface area contributed by atoms with Crippen LogP contribution in [0.25, 0.3) is 0 Å². The molecule has 0 heterocycles. The van der Waals surface area contributed by atoms with Gasteiger partial charge in [0.25, 0.3) is 0 Å². The lowest BCUT2D eigenvalue weighted by Crippen LogP contribution is -2.28. The largest absolute Gasteiger partial charge is 0.294 e. The lowest BCUT2D eigenvalue weighted by molar-refractivity contribution is -0.0424. The van der Waals surface area contributed by atoms with Crippen molar-refractivity contribution in [2.24, 2.45) is 5.92 Å². The number of benzene rings is 1. The summed E-state index contributed by atoms with van der Waals surface area (Å²) < 4.78 is 26.0. The first-order valence-electron chi connectivity index (χ1n) is 5.66. The van der Waals surface area contributed by atoms with E-state index >= 15 is 0 Å². The molecule has 1 fully saturated rings. The van der Waals surface area contributed by atoms with Gasteiger partial charge < -0.3 is 0 Å². The molecule has 1 aliphatic carbocycles. The molecule has 0 N–H and O–H groups in total. The lowest BCUT2D eigenvalue weighted by atomic mass is 9.82. The van der Waals surface area contributed by atoms with Crippen LogP contribution in [0.5, 0.6) is 0 Å². The quantitative estimate of drug-likeness (QED) is 0.721. The Balaban J connectivity index is 2.10. The van der Waals surface area contributed by atoms with E-state index in [2.05, 4.69) is 0 Å². The third-order valence-electron chi connectivity index (χ3n) is 3.23. The Morgan fingerprint density at radius 1 is 1.24 bits per heavy atom. The van der Waals surface area contributed by atoms with Gasteiger partial charge in [-0.2, -0.15) is 0 Å². The topological polar surface area (TPSA) is 17.1 Å². The molecule has 92 valence electrons. The monoisotopic (exact) mass is 258 g/mol. The summed E-state index contributed by atoms with van der Waals surface area (Å²) in [4.78, 5) is 12.1. The Morgan fingerprint density at radius 2 is 1.82 bits per heavy atom. The predicted molar refractivity (Wildman–Crippen MR) is 62.7 cm³/mol. The Morgan fingerprint density at radius 3 is 2.41 bits per heavy atom. The second-order valence-corrected chi connectivity index (χ2v) is 4.88. The van der Waals surface area contributed by atoms with Gasteiger partial charge >= 0.3 is 0 Å². The Bertz CT molecular complexity index is 421. The molecule has 0 spiro atoms. The fourth-order valence-electron chi connectivity index (χ4n) is 2.18. The van der Waals surface area contributed by atoms with Crippen LogP contribution in [0.4, 0.5) is 8.78 Å². The van der Waals surface area contributed by atoms with Crippen molar-refractivity contribution in [3.8, 4) is 0 Å². The average molecular weight is 259 g/mol. The van der Waals surface area contributed by atoms with E-state index in [1.165, 1.54) is 0 Å². The molecule has 17 heavy (non-hydrogen) atoms. The molecule has 1 nitrogen and oxygen atoms in total. The maximum absolute atomic E-state index is 13.0. The minimum Gasteiger partial charge on any atom is -0.294 e. The molecule has 0 amide bonds. The van der Waals surface area contributed by atoms with Crippen LogP contribution in [0.3, 0.4) is 0 Å². The lowest BCUT2D eigenvalue weighted by Gasteiger charge is -2.27. The Kier molecular flexibility index (Phi) is 3.48. The number of halogens is 3. The number of hydrogen-bond acceptors (Lipinski definition) is 1. The molecule has 2 rings (SSSR count). The standard InChI is InChI=1S/C13H13ClF2O/c14-11-4-2-1-3-10(11)12(17)9-5-7-13(15,16)8-6-9/h1-4,9H,5-8H2. The predicted octanol–water partition coefficient (Wildman–Crippen LogP) is 4.35. The molecule has 0 saturated heterocycles. The van der Waals surface area contributed by atoms with E-state index in [0.29, 0.717) is 10.6 Å². The van der Waals surface area contributed by atoms with E-state index in [1.807, 2.05) is 0 Å². The third-order valence-corrected chi connectivity index (χ3v) is 3.56. The van der Waals surface area contributed by atoms with Crippen LogP contribution in [0.15, 0.2) is 24.3 Å². The molecular formula is C13H13ClF2O. The van der Waals surface area contributed by atoms with Gasteiger partial charge in [-0.1, -0.05) is 23.7 Å². The molecule has 0 atom stereocenters. The SMILES string of the molecule is O=C(c1ccccc1Cl)C1CCC(F)(F)CC1. The molecule has 0 radical (unpaired) electrons. The summed E-state index contributed by atoms with van der Waals surface area (Å²) in [5.41, 5.74) is 0.449. The van der Waals surface area contributed by atoms with E-state index in [1.54, 1.807) is 24.3 Å². The van der Waals surface area contributed by atoms with Crippen LogP contribution in [-0.4, -0.2) is 11.7 Å². The van der Waals surface area contributed by atoms with E-state index in [-0.39, 0.29) is 37.4 Å². The van der Waals surface area contributed by atoms with Crippen LogP contribution in [-0.2, 0) is 0 Å². The molecule has 0 aromatic heterocycles. The highest BCUT2D eigenvalue weighted by Gasteiger charge is 2.37. The molecule has 4 heteroatoms. The van der Waals surface area contributed by atoms with Crippen molar-refractivity contribution in [3.63, 3.8) is 0 Å². The third kappa shape index (κ3) is 2.83. The van der Waals surface area contributed by atoms with Crippen molar-refractivity contribution in [2.45, 2.75) is 31.6 Å². The number of carbonyl (C=O) groups is 1. The molecule has 0 unspecified atom stereocenters. The second-order valence-electron chi connectivity index (χ2n) is 4.47. The van der Waals surface area contributed by atoms with Crippen LogP contribution >= 0.6 is 11.6 Å². The van der Waals surface area contributed by atoms with Gasteiger partial charge in [-0.05, 0) is 25.0 Å². The molecule has 1 aliphatic rings. The summed E-state index contributed by atoms with van der Waals surface area (Å²) in [5, 5.41) is 0.398. The zero-order valence-electron chi connectivity index (χ0n) is 9.26. The first-order chi connectivity index (χ1) is 7.99. The van der Waals surface area contributed by atoms with Gasteiger partial charge in [-0.25, -0.2) is 8.78 Å². The van der Waals surface area contributed by atoms with Crippen molar-refractivity contribution in [3.05, 3.63) is 34.9 Å². The fourth-order valence-corrected chi connectivity index (χ4v) is 2.41. The molecule has 0 aliphatic heterocycles. The highest BCUT2D eigenvalue weighted by molar-refractivity contribution is 6.34. The van der Waals surface area contributed by atoms with Gasteiger partial charge in [-0.3, -0.25) is 4.79 Å². The number of ketones is 1. The van der Waals surface area contributed by atoms with E-state index < -0.39 is 5.92 Å². The number of rotatable bonds is 2. The van der Waals surface area contributed by atoms with Gasteiger partial charge in [0, 0.05) is 24.3 Å². The van der Waals surface area contributed by atoms with Crippen molar-refractivity contribution in [1.82, 2.24) is 0 Å². The van der Waals surface area contributed by atoms with Gasteiger partial charge in [0.1, 0.15) is 0 Å². The normalized spacial score (nSPS) is 20.2. The highest BCUT2D eigenvalue weighted by Crippen LogP contribution is 2.37. The van der Waals surface area contributed by atoms with E-state index in [0.717, 1.165) is 0 Å². The van der Waals surface area contributed by atoms with Crippen LogP contribution in [0, 0.1) is 5.92 Å². The van der Waals surface area contributed by atoms with Crippen LogP contribution < -0.4 is 0 Å². The number of alkyl halides is 2. The smallest absolute Gasteiger partial charge is 0.248 e.